The highest BCUT2D eigenvalue weighted by Crippen LogP contribution is 2.20. The van der Waals surface area contributed by atoms with Crippen LogP contribution in [0.4, 0.5) is 0 Å². The predicted octanol–water partition coefficient (Wildman–Crippen LogP) is -2.59. The molecule has 1 heterocycles. The fourth-order valence-corrected chi connectivity index (χ4v) is 5.92. The first-order valence-corrected chi connectivity index (χ1v) is 18.0. The van der Waals surface area contributed by atoms with E-state index in [2.05, 4.69) is 26.3 Å². The molecule has 1 saturated heterocycles. The van der Waals surface area contributed by atoms with Crippen molar-refractivity contribution in [2.24, 2.45) is 33.8 Å². The Balaban J connectivity index is 2.28. The predicted molar refractivity (Wildman–Crippen MR) is 198 cm³/mol. The Hall–Kier alpha value is -5.79. The van der Waals surface area contributed by atoms with E-state index in [1.54, 1.807) is 44.2 Å². The number of amides is 6. The zero-order valence-corrected chi connectivity index (χ0v) is 31.1. The highest BCUT2D eigenvalue weighted by Gasteiger charge is 2.40. The second-order valence-corrected chi connectivity index (χ2v) is 13.8. The molecule has 1 aromatic carbocycles. The number of hydrogen-bond donors (Lipinski definition) is 10. The van der Waals surface area contributed by atoms with Gasteiger partial charge in [-0.3, -0.25) is 38.6 Å². The van der Waals surface area contributed by atoms with Gasteiger partial charge in [-0.05, 0) is 50.0 Å². The van der Waals surface area contributed by atoms with Gasteiger partial charge in [0.25, 0.3) is 0 Å². The maximum Gasteiger partial charge on any atom is 0.326 e. The molecule has 6 amide bonds. The highest BCUT2D eigenvalue weighted by atomic mass is 16.4. The first-order chi connectivity index (χ1) is 25.9. The molecule has 304 valence electrons. The van der Waals surface area contributed by atoms with Crippen LogP contribution in [0, 0.1) is 5.92 Å². The Morgan fingerprint density at radius 2 is 1.45 bits per heavy atom. The zero-order chi connectivity index (χ0) is 41.2. The van der Waals surface area contributed by atoms with Crippen molar-refractivity contribution in [3.8, 4) is 0 Å². The fourth-order valence-electron chi connectivity index (χ4n) is 5.92. The molecule has 2 rings (SSSR count). The number of nitrogens with two attached hydrogens (primary N) is 4. The van der Waals surface area contributed by atoms with Gasteiger partial charge < -0.3 is 59.3 Å². The number of carboxylic acids is 2. The van der Waals surface area contributed by atoms with Crippen LogP contribution < -0.4 is 44.2 Å². The first kappa shape index (κ1) is 45.4. The van der Waals surface area contributed by atoms with Crippen LogP contribution in [-0.2, 0) is 44.8 Å². The summed E-state index contributed by atoms with van der Waals surface area (Å²) in [5.41, 5.74) is 22.4. The van der Waals surface area contributed by atoms with Gasteiger partial charge in [-0.2, -0.15) is 0 Å². The van der Waals surface area contributed by atoms with Gasteiger partial charge >= 0.3 is 11.9 Å². The van der Waals surface area contributed by atoms with Crippen LogP contribution in [-0.4, -0.2) is 118 Å². The van der Waals surface area contributed by atoms with Crippen LogP contribution >= 0.6 is 0 Å². The average molecular weight is 775 g/mol. The van der Waals surface area contributed by atoms with E-state index in [-0.39, 0.29) is 69.9 Å². The number of nitrogens with zero attached hydrogens (tertiary/aromatic N) is 2. The number of carbonyl (C=O) groups is 8. The van der Waals surface area contributed by atoms with Crippen molar-refractivity contribution in [2.75, 3.05) is 13.1 Å². The van der Waals surface area contributed by atoms with E-state index in [9.17, 15) is 48.6 Å². The number of hydrogen-bond acceptors (Lipinski definition) is 10. The van der Waals surface area contributed by atoms with Crippen molar-refractivity contribution < 1.29 is 48.6 Å². The molecule has 20 heteroatoms. The van der Waals surface area contributed by atoms with Crippen LogP contribution in [0.25, 0.3) is 0 Å². The standard InChI is InChI=1S/C35H54N10O10/c1-19(2)16-23(31(51)44-25(34(54)55)17-20-8-4-3-5-9-20)42-30(50)22(10-6-14-40-35(38)39)41-32(52)26-11-7-15-45(26)33(53)24(18-28(47)48)43-29(49)21(36)12-13-27(37)46/h3-5,8-9,19,21-26H,6-7,10-18,36H2,1-2H3,(H2,37,46)(H,41,52)(H,42,50)(H,43,49)(H,44,51)(H,47,48)(H,54,55)(H4,38,39,40)/t21-,22-,23-,24-,25-,26-/m0/s1. The Morgan fingerprint density at radius 1 is 0.836 bits per heavy atom. The Bertz CT molecular complexity index is 1550. The molecule has 6 atom stereocenters. The van der Waals surface area contributed by atoms with E-state index < -0.39 is 90.1 Å². The molecule has 0 radical (unpaired) electrons. The van der Waals surface area contributed by atoms with Crippen molar-refractivity contribution in [1.29, 1.82) is 0 Å². The zero-order valence-electron chi connectivity index (χ0n) is 31.1. The van der Waals surface area contributed by atoms with E-state index in [0.717, 1.165) is 4.90 Å². The summed E-state index contributed by atoms with van der Waals surface area (Å²) in [6.45, 7) is 3.73. The van der Waals surface area contributed by atoms with Gasteiger partial charge in [-0.25, -0.2) is 4.79 Å². The molecule has 55 heavy (non-hydrogen) atoms. The minimum Gasteiger partial charge on any atom is -0.481 e. The quantitative estimate of drug-likeness (QED) is 0.0310. The third kappa shape index (κ3) is 16.0. The molecule has 1 aliphatic rings. The van der Waals surface area contributed by atoms with Crippen molar-refractivity contribution >= 4 is 53.3 Å². The molecular formula is C35H54N10O10. The van der Waals surface area contributed by atoms with Gasteiger partial charge in [0.1, 0.15) is 30.2 Å². The van der Waals surface area contributed by atoms with Gasteiger partial charge in [0.15, 0.2) is 5.96 Å². The lowest BCUT2D eigenvalue weighted by molar-refractivity contribution is -0.146. The van der Waals surface area contributed by atoms with E-state index in [4.69, 9.17) is 22.9 Å². The fraction of sp³-hybridized carbons (Fsp3) is 0.571. The summed E-state index contributed by atoms with van der Waals surface area (Å²) in [6, 6.07) is 0.860. The lowest BCUT2D eigenvalue weighted by Gasteiger charge is -2.30. The molecular weight excluding hydrogens is 720 g/mol. The molecule has 1 aromatic rings. The van der Waals surface area contributed by atoms with Gasteiger partial charge in [0.05, 0.1) is 12.5 Å². The molecule has 0 bridgehead atoms. The van der Waals surface area contributed by atoms with Crippen LogP contribution in [0.15, 0.2) is 35.3 Å². The van der Waals surface area contributed by atoms with E-state index >= 15 is 0 Å². The minimum absolute atomic E-state index is 0.0105. The molecule has 0 aromatic heterocycles. The van der Waals surface area contributed by atoms with Gasteiger partial charge in [0.2, 0.25) is 35.4 Å². The molecule has 0 unspecified atom stereocenters. The summed E-state index contributed by atoms with van der Waals surface area (Å²) in [6.07, 6.45) is -0.430. The Kier molecular flexibility index (Phi) is 18.5. The summed E-state index contributed by atoms with van der Waals surface area (Å²) in [5.74, 6) is -7.77. The van der Waals surface area contributed by atoms with Gasteiger partial charge in [-0.15, -0.1) is 0 Å². The molecule has 0 saturated carbocycles. The molecule has 1 fully saturated rings. The molecule has 14 N–H and O–H groups in total. The number of carbonyl (C=O) groups excluding carboxylic acids is 6. The third-order valence-corrected chi connectivity index (χ3v) is 8.69. The van der Waals surface area contributed by atoms with Crippen molar-refractivity contribution in [3.63, 3.8) is 0 Å². The molecule has 20 nitrogen and oxygen atoms in total. The monoisotopic (exact) mass is 774 g/mol. The second kappa shape index (κ2) is 22.4. The number of guanidine groups is 1. The van der Waals surface area contributed by atoms with Crippen molar-refractivity contribution in [3.05, 3.63) is 35.9 Å². The number of likely N-dealkylation sites (tertiary alicyclic amines) is 1. The minimum atomic E-state index is -1.61. The van der Waals surface area contributed by atoms with E-state index in [0.29, 0.717) is 12.0 Å². The SMILES string of the molecule is CC(C)C[C@H](NC(=O)[C@H](CCCN=C(N)N)NC(=O)[C@@H]1CCCN1C(=O)[C@H](CC(=O)O)NC(=O)[C@@H](N)CCC(N)=O)C(=O)N[C@@H](Cc1ccccc1)C(=O)O. The number of carboxylic acid groups (broad SMARTS) is 2. The number of primary amides is 1. The van der Waals surface area contributed by atoms with Crippen LogP contribution in [0.1, 0.15) is 70.8 Å². The first-order valence-electron chi connectivity index (χ1n) is 18.0. The average Bonchev–Trinajstić information content (AvgIpc) is 3.60. The summed E-state index contributed by atoms with van der Waals surface area (Å²) < 4.78 is 0. The highest BCUT2D eigenvalue weighted by molar-refractivity contribution is 5.97. The molecule has 1 aliphatic heterocycles. The van der Waals surface area contributed by atoms with Crippen LogP contribution in [0.2, 0.25) is 0 Å². The largest absolute Gasteiger partial charge is 0.481 e. The lowest BCUT2D eigenvalue weighted by atomic mass is 10.0. The number of rotatable bonds is 23. The van der Waals surface area contributed by atoms with Crippen LogP contribution in [0.5, 0.6) is 0 Å². The molecule has 0 aliphatic carbocycles. The maximum absolute atomic E-state index is 13.8. The van der Waals surface area contributed by atoms with Gasteiger partial charge in [-0.1, -0.05) is 44.2 Å². The van der Waals surface area contributed by atoms with Gasteiger partial charge in [0, 0.05) is 25.9 Å². The smallest absolute Gasteiger partial charge is 0.326 e. The summed E-state index contributed by atoms with van der Waals surface area (Å²) >= 11 is 0. The summed E-state index contributed by atoms with van der Waals surface area (Å²) in [7, 11) is 0. The Labute approximate surface area is 318 Å². The topological polar surface area (TPSA) is 345 Å². The maximum atomic E-state index is 13.8. The normalized spacial score (nSPS) is 16.4. The van der Waals surface area contributed by atoms with E-state index in [1.165, 1.54) is 0 Å². The second-order valence-electron chi connectivity index (χ2n) is 13.8. The molecule has 0 spiro atoms. The van der Waals surface area contributed by atoms with Crippen molar-refractivity contribution in [2.45, 2.75) is 108 Å². The van der Waals surface area contributed by atoms with Crippen molar-refractivity contribution in [1.82, 2.24) is 26.2 Å². The number of aliphatic imine (C=N–C) groups is 1. The Morgan fingerprint density at radius 3 is 2.04 bits per heavy atom. The third-order valence-electron chi connectivity index (χ3n) is 8.69. The number of aliphatic carboxylic acids is 2. The number of benzene rings is 1. The lowest BCUT2D eigenvalue weighted by Crippen LogP contribution is -2.59. The summed E-state index contributed by atoms with van der Waals surface area (Å²) in [4.78, 5) is 107. The van der Waals surface area contributed by atoms with Crippen LogP contribution in [0.3, 0.4) is 0 Å². The van der Waals surface area contributed by atoms with E-state index in [1.807, 2.05) is 0 Å². The summed E-state index contributed by atoms with van der Waals surface area (Å²) in [5, 5.41) is 29.4. The number of nitrogens with one attached hydrogen (secondary N) is 4.